The van der Waals surface area contributed by atoms with E-state index in [2.05, 4.69) is 33.9 Å². The molecule has 5 nitrogen and oxygen atoms in total. The molecule has 0 radical (unpaired) electrons. The number of likely N-dealkylation sites (tertiary alicyclic amines) is 1. The van der Waals surface area contributed by atoms with Crippen LogP contribution in [0.25, 0.3) is 11.4 Å². The van der Waals surface area contributed by atoms with Crippen LogP contribution in [0.2, 0.25) is 0 Å². The van der Waals surface area contributed by atoms with Crippen LogP contribution in [0, 0.1) is 5.92 Å². The highest BCUT2D eigenvalue weighted by Crippen LogP contribution is 2.27. The smallest absolute Gasteiger partial charge is 0.244 e. The fourth-order valence-corrected chi connectivity index (χ4v) is 2.49. The van der Waals surface area contributed by atoms with Gasteiger partial charge >= 0.3 is 0 Å². The number of hydrogen-bond donors (Lipinski definition) is 0. The molecule has 0 N–H and O–H groups in total. The molecule has 0 saturated carbocycles. The zero-order valence-corrected chi connectivity index (χ0v) is 11.3. The fraction of sp³-hybridized carbons (Fsp3) is 0.500. The third-order valence-corrected chi connectivity index (χ3v) is 3.72. The summed E-state index contributed by atoms with van der Waals surface area (Å²) >= 11 is 0. The summed E-state index contributed by atoms with van der Waals surface area (Å²) < 4.78 is 5.40. The maximum absolute atomic E-state index is 5.40. The molecule has 19 heavy (non-hydrogen) atoms. The Labute approximate surface area is 112 Å². The van der Waals surface area contributed by atoms with Crippen molar-refractivity contribution in [3.05, 3.63) is 30.4 Å². The lowest BCUT2D eigenvalue weighted by molar-refractivity contribution is 0.204. The topological polar surface area (TPSA) is 55.1 Å². The molecule has 3 rings (SSSR count). The predicted molar refractivity (Wildman–Crippen MR) is 71.3 cm³/mol. The maximum atomic E-state index is 5.40. The molecule has 1 aliphatic rings. The van der Waals surface area contributed by atoms with E-state index >= 15 is 0 Å². The Hall–Kier alpha value is -1.75. The van der Waals surface area contributed by atoms with Gasteiger partial charge in [-0.1, -0.05) is 12.1 Å². The second-order valence-electron chi connectivity index (χ2n) is 5.26. The predicted octanol–water partition coefficient (Wildman–Crippen LogP) is 2.53. The van der Waals surface area contributed by atoms with Gasteiger partial charge in [-0.25, -0.2) is 0 Å². The minimum absolute atomic E-state index is 0.183. The Morgan fingerprint density at radius 3 is 3.05 bits per heavy atom. The van der Waals surface area contributed by atoms with Crippen molar-refractivity contribution >= 4 is 0 Å². The Morgan fingerprint density at radius 1 is 1.47 bits per heavy atom. The lowest BCUT2D eigenvalue weighted by Crippen LogP contribution is -2.24. The summed E-state index contributed by atoms with van der Waals surface area (Å²) in [6.07, 6.45) is 4.73. The molecule has 2 aromatic rings. The van der Waals surface area contributed by atoms with Crippen LogP contribution in [-0.2, 0) is 0 Å². The first kappa shape index (κ1) is 12.3. The molecule has 100 valence electrons. The van der Waals surface area contributed by atoms with Crippen molar-refractivity contribution in [2.45, 2.75) is 26.3 Å². The van der Waals surface area contributed by atoms with Gasteiger partial charge in [0, 0.05) is 24.5 Å². The van der Waals surface area contributed by atoms with Crippen LogP contribution in [0.15, 0.2) is 29.0 Å². The van der Waals surface area contributed by atoms with Crippen LogP contribution in [-0.4, -0.2) is 33.1 Å². The van der Waals surface area contributed by atoms with E-state index in [1.54, 1.807) is 12.4 Å². The summed E-state index contributed by atoms with van der Waals surface area (Å²) in [6.45, 7) is 6.61. The summed E-state index contributed by atoms with van der Waals surface area (Å²) in [4.78, 5) is 11.0. The highest BCUT2D eigenvalue weighted by molar-refractivity contribution is 5.51. The van der Waals surface area contributed by atoms with Gasteiger partial charge in [-0.2, -0.15) is 4.98 Å². The van der Waals surface area contributed by atoms with Gasteiger partial charge in [-0.05, 0) is 37.9 Å². The van der Waals surface area contributed by atoms with E-state index in [1.807, 2.05) is 12.1 Å². The molecule has 0 aromatic carbocycles. The summed E-state index contributed by atoms with van der Waals surface area (Å²) in [6, 6.07) is 3.99. The van der Waals surface area contributed by atoms with Gasteiger partial charge in [0.05, 0.1) is 6.04 Å². The summed E-state index contributed by atoms with van der Waals surface area (Å²) in [5.74, 6) is 2.05. The zero-order valence-electron chi connectivity index (χ0n) is 11.3. The van der Waals surface area contributed by atoms with E-state index in [9.17, 15) is 0 Å². The molecule has 2 atom stereocenters. The van der Waals surface area contributed by atoms with Crippen molar-refractivity contribution in [1.82, 2.24) is 20.0 Å². The largest absolute Gasteiger partial charge is 0.337 e. The van der Waals surface area contributed by atoms with Crippen LogP contribution in [0.5, 0.6) is 0 Å². The molecular weight excluding hydrogens is 240 g/mol. The molecule has 1 saturated heterocycles. The molecule has 0 spiro atoms. The lowest BCUT2D eigenvalue weighted by Gasteiger charge is -2.20. The fourth-order valence-electron chi connectivity index (χ4n) is 2.49. The number of aromatic nitrogens is 3. The van der Waals surface area contributed by atoms with E-state index in [1.165, 1.54) is 6.42 Å². The van der Waals surface area contributed by atoms with Gasteiger partial charge in [-0.15, -0.1) is 0 Å². The first-order chi connectivity index (χ1) is 9.24. The van der Waals surface area contributed by atoms with Crippen molar-refractivity contribution in [1.29, 1.82) is 0 Å². The minimum atomic E-state index is 0.183. The number of rotatable bonds is 3. The second kappa shape index (κ2) is 5.09. The molecule has 0 amide bonds. The Balaban J connectivity index is 1.78. The monoisotopic (exact) mass is 258 g/mol. The Bertz CT molecular complexity index is 539. The molecule has 1 aliphatic heterocycles. The number of pyridine rings is 1. The molecule has 3 heterocycles. The average molecular weight is 258 g/mol. The van der Waals surface area contributed by atoms with Gasteiger partial charge in [0.1, 0.15) is 0 Å². The van der Waals surface area contributed by atoms with Gasteiger partial charge < -0.3 is 4.52 Å². The van der Waals surface area contributed by atoms with E-state index in [-0.39, 0.29) is 6.04 Å². The SMILES string of the molecule is CC1CCN(C(C)c2nc(-c3cccnc3)no2)C1. The first-order valence-corrected chi connectivity index (χ1v) is 6.72. The Morgan fingerprint density at radius 2 is 2.37 bits per heavy atom. The van der Waals surface area contributed by atoms with E-state index in [0.717, 1.165) is 24.6 Å². The van der Waals surface area contributed by atoms with Crippen LogP contribution in [0.1, 0.15) is 32.2 Å². The van der Waals surface area contributed by atoms with Crippen molar-refractivity contribution in [2.24, 2.45) is 5.92 Å². The van der Waals surface area contributed by atoms with Crippen molar-refractivity contribution in [3.63, 3.8) is 0 Å². The van der Waals surface area contributed by atoms with Crippen molar-refractivity contribution in [2.75, 3.05) is 13.1 Å². The third kappa shape index (κ3) is 2.51. The number of nitrogens with zero attached hydrogens (tertiary/aromatic N) is 4. The molecule has 0 aliphatic carbocycles. The molecule has 2 unspecified atom stereocenters. The van der Waals surface area contributed by atoms with E-state index in [4.69, 9.17) is 4.52 Å². The quantitative estimate of drug-likeness (QED) is 0.846. The van der Waals surface area contributed by atoms with Crippen LogP contribution in [0.3, 0.4) is 0 Å². The van der Waals surface area contributed by atoms with Crippen LogP contribution >= 0.6 is 0 Å². The lowest BCUT2D eigenvalue weighted by atomic mass is 10.2. The summed E-state index contributed by atoms with van der Waals surface area (Å²) in [5.41, 5.74) is 0.888. The highest BCUT2D eigenvalue weighted by atomic mass is 16.5. The van der Waals surface area contributed by atoms with Gasteiger partial charge in [0.25, 0.3) is 0 Å². The maximum Gasteiger partial charge on any atom is 0.244 e. The van der Waals surface area contributed by atoms with Crippen LogP contribution in [0.4, 0.5) is 0 Å². The first-order valence-electron chi connectivity index (χ1n) is 6.72. The Kier molecular flexibility index (Phi) is 3.29. The molecule has 5 heteroatoms. The normalized spacial score (nSPS) is 21.7. The van der Waals surface area contributed by atoms with E-state index < -0.39 is 0 Å². The molecule has 2 aromatic heterocycles. The molecule has 1 fully saturated rings. The molecular formula is C14H18N4O. The van der Waals surface area contributed by atoms with Gasteiger partial charge in [-0.3, -0.25) is 9.88 Å². The van der Waals surface area contributed by atoms with Gasteiger partial charge in [0.15, 0.2) is 0 Å². The van der Waals surface area contributed by atoms with E-state index in [0.29, 0.717) is 11.7 Å². The van der Waals surface area contributed by atoms with Crippen LogP contribution < -0.4 is 0 Å². The van der Waals surface area contributed by atoms with Gasteiger partial charge in [0.2, 0.25) is 11.7 Å². The molecule has 0 bridgehead atoms. The zero-order chi connectivity index (χ0) is 13.2. The second-order valence-corrected chi connectivity index (χ2v) is 5.26. The standard InChI is InChI=1S/C14H18N4O/c1-10-5-7-18(9-10)11(2)14-16-13(17-19-14)12-4-3-6-15-8-12/h3-4,6,8,10-11H,5,7,9H2,1-2H3. The number of hydrogen-bond acceptors (Lipinski definition) is 5. The third-order valence-electron chi connectivity index (χ3n) is 3.72. The van der Waals surface area contributed by atoms with Crippen molar-refractivity contribution < 1.29 is 4.52 Å². The average Bonchev–Trinajstić information content (AvgIpc) is 3.08. The summed E-state index contributed by atoms with van der Waals surface area (Å²) in [7, 11) is 0. The summed E-state index contributed by atoms with van der Waals surface area (Å²) in [5, 5.41) is 4.05. The minimum Gasteiger partial charge on any atom is -0.337 e. The highest BCUT2D eigenvalue weighted by Gasteiger charge is 2.27. The van der Waals surface area contributed by atoms with Crippen molar-refractivity contribution in [3.8, 4) is 11.4 Å².